The fourth-order valence-corrected chi connectivity index (χ4v) is 4.03. The summed E-state index contributed by atoms with van der Waals surface area (Å²) in [5.41, 5.74) is 0.158. The average molecular weight is 483 g/mol. The minimum Gasteiger partial charge on any atom is -0.508 e. The fraction of sp³-hybridized carbons (Fsp3) is 0.190. The Labute approximate surface area is 195 Å². The number of carbonyl (C=O) groups excluding carboxylic acids is 1. The molecule has 1 N–H and O–H groups in total. The minimum atomic E-state index is -0.809. The number of hydrogen-bond donors (Lipinski definition) is 1. The molecule has 0 aliphatic carbocycles. The first-order valence-corrected chi connectivity index (χ1v) is 10.7. The van der Waals surface area contributed by atoms with Crippen molar-refractivity contribution in [3.8, 4) is 5.75 Å². The molecule has 0 aliphatic rings. The number of phenolic OH excluding ortho intramolecular Hbond substituents is 1. The molecule has 0 spiro atoms. The number of rotatable bonds is 7. The highest BCUT2D eigenvalue weighted by Gasteiger charge is 2.21. The molecule has 0 fully saturated rings. The van der Waals surface area contributed by atoms with E-state index in [1.54, 1.807) is 13.1 Å². The van der Waals surface area contributed by atoms with Crippen molar-refractivity contribution in [2.24, 2.45) is 7.05 Å². The molecule has 4 aromatic rings. The van der Waals surface area contributed by atoms with Gasteiger partial charge in [0, 0.05) is 36.2 Å². The Morgan fingerprint density at radius 3 is 2.74 bits per heavy atom. The smallest absolute Gasteiger partial charge is 0.338 e. The van der Waals surface area contributed by atoms with Crippen molar-refractivity contribution in [3.63, 3.8) is 0 Å². The molecule has 12 nitrogen and oxygen atoms in total. The number of nitrogens with zero attached hydrogens (tertiary/aromatic N) is 5. The van der Waals surface area contributed by atoms with E-state index in [4.69, 9.17) is 9.15 Å². The Balaban J connectivity index is 1.59. The zero-order valence-corrected chi connectivity index (χ0v) is 18.7. The largest absolute Gasteiger partial charge is 0.508 e. The van der Waals surface area contributed by atoms with E-state index >= 15 is 0 Å². The Kier molecular flexibility index (Phi) is 6.27. The van der Waals surface area contributed by atoms with Crippen LogP contribution < -0.4 is 5.63 Å². The molecule has 0 bridgehead atoms. The summed E-state index contributed by atoms with van der Waals surface area (Å²) in [5, 5.41) is 33.4. The summed E-state index contributed by atoms with van der Waals surface area (Å²) < 4.78 is 11.8. The predicted octanol–water partition coefficient (Wildman–Crippen LogP) is 3.00. The van der Waals surface area contributed by atoms with Crippen molar-refractivity contribution in [2.75, 3.05) is 0 Å². The number of aryl methyl sites for hydroxylation is 2. The highest BCUT2D eigenvalue weighted by molar-refractivity contribution is 7.99. The van der Waals surface area contributed by atoms with Gasteiger partial charge in [0.25, 0.3) is 5.69 Å². The van der Waals surface area contributed by atoms with E-state index in [9.17, 15) is 24.8 Å². The molecule has 2 aromatic heterocycles. The molecule has 0 saturated heterocycles. The predicted molar refractivity (Wildman–Crippen MR) is 119 cm³/mol. The van der Waals surface area contributed by atoms with Crippen molar-refractivity contribution in [1.82, 2.24) is 20.2 Å². The topological polar surface area (TPSA) is 163 Å². The zero-order chi connectivity index (χ0) is 24.4. The SMILES string of the molecule is CCc1cc2c(COC(=O)c3ccc(Sc4nnnn4C)c([N+](=O)[O-])c3)cc(=O)oc2cc1O. The van der Waals surface area contributed by atoms with E-state index in [0.29, 0.717) is 28.1 Å². The molecule has 0 atom stereocenters. The van der Waals surface area contributed by atoms with Gasteiger partial charge in [-0.25, -0.2) is 14.3 Å². The second kappa shape index (κ2) is 9.31. The lowest BCUT2D eigenvalue weighted by Gasteiger charge is -2.10. The maximum Gasteiger partial charge on any atom is 0.338 e. The van der Waals surface area contributed by atoms with E-state index in [1.807, 2.05) is 6.92 Å². The lowest BCUT2D eigenvalue weighted by molar-refractivity contribution is -0.387. The van der Waals surface area contributed by atoms with Crippen LogP contribution in [0.15, 0.2) is 55.7 Å². The first kappa shape index (κ1) is 22.9. The summed E-state index contributed by atoms with van der Waals surface area (Å²) in [7, 11) is 1.60. The Hall–Kier alpha value is -4.26. The lowest BCUT2D eigenvalue weighted by Crippen LogP contribution is -2.09. The van der Waals surface area contributed by atoms with E-state index in [0.717, 1.165) is 17.8 Å². The van der Waals surface area contributed by atoms with Gasteiger partial charge < -0.3 is 14.3 Å². The lowest BCUT2D eigenvalue weighted by atomic mass is 10.0. The monoisotopic (exact) mass is 483 g/mol. The minimum absolute atomic E-state index is 0.00494. The van der Waals surface area contributed by atoms with Gasteiger partial charge in [-0.05, 0) is 52.4 Å². The van der Waals surface area contributed by atoms with Crippen molar-refractivity contribution in [3.05, 3.63) is 73.6 Å². The molecule has 34 heavy (non-hydrogen) atoms. The number of esters is 1. The van der Waals surface area contributed by atoms with Crippen LogP contribution in [0.25, 0.3) is 11.0 Å². The van der Waals surface area contributed by atoms with Crippen LogP contribution in [0.4, 0.5) is 5.69 Å². The van der Waals surface area contributed by atoms with Gasteiger partial charge in [0.15, 0.2) is 0 Å². The number of aromatic hydroxyl groups is 1. The molecule has 174 valence electrons. The number of carbonyl (C=O) groups is 1. The van der Waals surface area contributed by atoms with E-state index in [-0.39, 0.29) is 34.1 Å². The first-order valence-electron chi connectivity index (χ1n) is 9.91. The van der Waals surface area contributed by atoms with Gasteiger partial charge in [-0.3, -0.25) is 10.1 Å². The average Bonchev–Trinajstić information content (AvgIpc) is 3.21. The molecule has 13 heteroatoms. The van der Waals surface area contributed by atoms with Gasteiger partial charge in [-0.1, -0.05) is 6.92 Å². The molecular weight excluding hydrogens is 466 g/mol. The van der Waals surface area contributed by atoms with Crippen LogP contribution in [0.2, 0.25) is 0 Å². The fourth-order valence-electron chi connectivity index (χ4n) is 3.22. The Morgan fingerprint density at radius 2 is 2.06 bits per heavy atom. The molecule has 0 saturated carbocycles. The Morgan fingerprint density at radius 1 is 1.26 bits per heavy atom. The molecule has 0 aliphatic heterocycles. The third-order valence-electron chi connectivity index (χ3n) is 4.94. The molecule has 0 amide bonds. The van der Waals surface area contributed by atoms with Gasteiger partial charge in [0.2, 0.25) is 5.16 Å². The second-order valence-electron chi connectivity index (χ2n) is 7.12. The number of ether oxygens (including phenoxy) is 1. The number of fused-ring (bicyclic) bond motifs is 1. The number of benzene rings is 2. The van der Waals surface area contributed by atoms with Crippen molar-refractivity contribution in [2.45, 2.75) is 30.0 Å². The molecule has 0 radical (unpaired) electrons. The van der Waals surface area contributed by atoms with Gasteiger partial charge in [-0.2, -0.15) is 0 Å². The van der Waals surface area contributed by atoms with Gasteiger partial charge >= 0.3 is 11.6 Å². The van der Waals surface area contributed by atoms with Crippen LogP contribution in [0.3, 0.4) is 0 Å². The van der Waals surface area contributed by atoms with Crippen LogP contribution >= 0.6 is 11.8 Å². The summed E-state index contributed by atoms with van der Waals surface area (Å²) in [6.45, 7) is 1.58. The summed E-state index contributed by atoms with van der Waals surface area (Å²) in [6.07, 6.45) is 0.540. The van der Waals surface area contributed by atoms with Crippen molar-refractivity contribution < 1.29 is 24.0 Å². The summed E-state index contributed by atoms with van der Waals surface area (Å²) in [5.74, 6) is -0.814. The summed E-state index contributed by atoms with van der Waals surface area (Å²) in [6, 6.07) is 8.12. The van der Waals surface area contributed by atoms with Crippen LogP contribution in [0.1, 0.15) is 28.4 Å². The van der Waals surface area contributed by atoms with Crippen LogP contribution in [-0.2, 0) is 24.8 Å². The summed E-state index contributed by atoms with van der Waals surface area (Å²) in [4.78, 5) is 35.8. The third-order valence-corrected chi connectivity index (χ3v) is 6.04. The van der Waals surface area contributed by atoms with Gasteiger partial charge in [-0.15, -0.1) is 5.10 Å². The molecule has 4 rings (SSSR count). The van der Waals surface area contributed by atoms with Gasteiger partial charge in [0.1, 0.15) is 17.9 Å². The zero-order valence-electron chi connectivity index (χ0n) is 17.9. The maximum absolute atomic E-state index is 12.6. The van der Waals surface area contributed by atoms with Crippen LogP contribution in [0, 0.1) is 10.1 Å². The van der Waals surface area contributed by atoms with E-state index < -0.39 is 16.5 Å². The molecule has 2 heterocycles. The molecule has 2 aromatic carbocycles. The maximum atomic E-state index is 12.6. The standard InChI is InChI=1S/C21H17N5O7S/c1-3-11-6-14-13(8-19(28)33-17(14)9-16(11)27)10-32-20(29)12-4-5-18(15(7-12)26(30)31)34-21-22-23-24-25(21)2/h4-9,27H,3,10H2,1-2H3. The number of hydrogen-bond acceptors (Lipinski definition) is 11. The normalized spacial score (nSPS) is 11.0. The highest BCUT2D eigenvalue weighted by atomic mass is 32.2. The quantitative estimate of drug-likeness (QED) is 0.178. The second-order valence-corrected chi connectivity index (χ2v) is 8.13. The van der Waals surface area contributed by atoms with E-state index in [1.165, 1.54) is 28.9 Å². The summed E-state index contributed by atoms with van der Waals surface area (Å²) >= 11 is 0.982. The number of phenols is 1. The number of nitro benzene ring substituents is 1. The number of tetrazole rings is 1. The van der Waals surface area contributed by atoms with Crippen LogP contribution in [-0.4, -0.2) is 36.2 Å². The van der Waals surface area contributed by atoms with Crippen molar-refractivity contribution >= 4 is 34.4 Å². The number of nitro groups is 1. The van der Waals surface area contributed by atoms with Crippen molar-refractivity contribution in [1.29, 1.82) is 0 Å². The highest BCUT2D eigenvalue weighted by Crippen LogP contribution is 2.34. The molecular formula is C21H17N5O7S. The van der Waals surface area contributed by atoms with Gasteiger partial charge in [0.05, 0.1) is 15.4 Å². The Bertz CT molecular complexity index is 1480. The third kappa shape index (κ3) is 4.59. The number of aromatic nitrogens is 4. The van der Waals surface area contributed by atoms with Crippen LogP contribution in [0.5, 0.6) is 5.75 Å². The first-order chi connectivity index (χ1) is 16.3. The van der Waals surface area contributed by atoms with E-state index in [2.05, 4.69) is 15.5 Å². The molecule has 0 unspecified atom stereocenters.